The normalized spacial score (nSPS) is 10.0. The minimum atomic E-state index is -0.00680. The fourth-order valence-electron chi connectivity index (χ4n) is 0.999. The number of benzene rings is 1. The average molecular weight is 192 g/mol. The van der Waals surface area contributed by atoms with Crippen molar-refractivity contribution in [3.63, 3.8) is 0 Å². The Morgan fingerprint density at radius 2 is 2.29 bits per heavy atom. The molecular formula is C8H8N4O2. The lowest BCUT2D eigenvalue weighted by Crippen LogP contribution is -1.92. The lowest BCUT2D eigenvalue weighted by atomic mass is 10.3. The third-order valence-electron chi connectivity index (χ3n) is 1.54. The van der Waals surface area contributed by atoms with Crippen molar-refractivity contribution >= 4 is 17.7 Å². The zero-order valence-corrected chi connectivity index (χ0v) is 7.14. The van der Waals surface area contributed by atoms with Crippen molar-refractivity contribution in [1.29, 1.82) is 0 Å². The van der Waals surface area contributed by atoms with Gasteiger partial charge in [-0.05, 0) is 17.3 Å². The first-order valence-electron chi connectivity index (χ1n) is 3.89. The predicted molar refractivity (Wildman–Crippen MR) is 50.1 cm³/mol. The number of rotatable bonds is 2. The van der Waals surface area contributed by atoms with E-state index in [1.807, 2.05) is 0 Å². The number of nitrogen functional groups attached to an aromatic ring is 1. The molecule has 0 saturated heterocycles. The van der Waals surface area contributed by atoms with E-state index in [0.717, 1.165) is 0 Å². The molecule has 0 spiro atoms. The molecule has 2 aromatic rings. The van der Waals surface area contributed by atoms with Crippen LogP contribution in [0.15, 0.2) is 28.8 Å². The van der Waals surface area contributed by atoms with Gasteiger partial charge in [0.2, 0.25) is 0 Å². The first kappa shape index (κ1) is 8.36. The molecule has 0 radical (unpaired) electrons. The van der Waals surface area contributed by atoms with Gasteiger partial charge in [-0.25, -0.2) is 0 Å². The molecule has 0 bridgehead atoms. The van der Waals surface area contributed by atoms with Gasteiger partial charge in [0, 0.05) is 11.8 Å². The van der Waals surface area contributed by atoms with Crippen LogP contribution in [0, 0.1) is 0 Å². The van der Waals surface area contributed by atoms with Gasteiger partial charge in [-0.15, -0.1) is 0 Å². The number of hydrogen-bond acceptors (Lipinski definition) is 6. The fraction of sp³-hybridized carbons (Fsp3) is 0. The molecule has 0 fully saturated rings. The molecule has 72 valence electrons. The summed E-state index contributed by atoms with van der Waals surface area (Å²) in [6.45, 7) is 0. The average Bonchev–Trinajstić information content (AvgIpc) is 2.51. The Bertz CT molecular complexity index is 440. The Kier molecular flexibility index (Phi) is 1.94. The summed E-state index contributed by atoms with van der Waals surface area (Å²) in [7, 11) is 0. The summed E-state index contributed by atoms with van der Waals surface area (Å²) in [6.07, 6.45) is 0. The van der Waals surface area contributed by atoms with E-state index in [2.05, 4.69) is 20.0 Å². The monoisotopic (exact) mass is 192 g/mol. The molecule has 6 nitrogen and oxygen atoms in total. The van der Waals surface area contributed by atoms with Crippen LogP contribution in [0.25, 0.3) is 0 Å². The van der Waals surface area contributed by atoms with Crippen molar-refractivity contribution in [2.45, 2.75) is 0 Å². The molecule has 1 aromatic heterocycles. The molecule has 14 heavy (non-hydrogen) atoms. The topological polar surface area (TPSA) is 97.2 Å². The van der Waals surface area contributed by atoms with Gasteiger partial charge in [-0.3, -0.25) is 0 Å². The number of nitrogens with two attached hydrogens (primary N) is 1. The number of hydrogen-bond donors (Lipinski definition) is 3. The molecule has 0 saturated carbocycles. The summed E-state index contributed by atoms with van der Waals surface area (Å²) in [5.41, 5.74) is 5.89. The summed E-state index contributed by atoms with van der Waals surface area (Å²) in [6, 6.07) is 6.54. The van der Waals surface area contributed by atoms with E-state index >= 15 is 0 Å². The molecule has 1 aromatic carbocycles. The standard InChI is InChI=1S/C8H8N4O2/c9-7-11-8(12-14-7)10-5-2-1-3-6(13)4-5/h1-4,13H,(H3,9,10,11,12). The molecule has 0 aliphatic heterocycles. The van der Waals surface area contributed by atoms with Crippen molar-refractivity contribution in [2.75, 3.05) is 11.1 Å². The summed E-state index contributed by atoms with van der Waals surface area (Å²) in [4.78, 5) is 3.74. The summed E-state index contributed by atoms with van der Waals surface area (Å²) < 4.78 is 4.56. The Hall–Kier alpha value is -2.24. The van der Waals surface area contributed by atoms with Gasteiger partial charge in [0.1, 0.15) is 5.75 Å². The zero-order chi connectivity index (χ0) is 9.97. The highest BCUT2D eigenvalue weighted by Crippen LogP contribution is 2.18. The lowest BCUT2D eigenvalue weighted by Gasteiger charge is -2.00. The number of anilines is 3. The summed E-state index contributed by atoms with van der Waals surface area (Å²) in [5, 5.41) is 15.5. The molecule has 0 aliphatic carbocycles. The van der Waals surface area contributed by atoms with E-state index in [4.69, 9.17) is 10.8 Å². The number of aromatic hydroxyl groups is 1. The highest BCUT2D eigenvalue weighted by atomic mass is 16.5. The van der Waals surface area contributed by atoms with Crippen LogP contribution < -0.4 is 11.1 Å². The van der Waals surface area contributed by atoms with E-state index in [9.17, 15) is 0 Å². The molecule has 0 aliphatic rings. The van der Waals surface area contributed by atoms with Crippen LogP contribution in [-0.4, -0.2) is 15.2 Å². The smallest absolute Gasteiger partial charge is 0.320 e. The van der Waals surface area contributed by atoms with Crippen molar-refractivity contribution < 1.29 is 9.63 Å². The van der Waals surface area contributed by atoms with Gasteiger partial charge < -0.3 is 20.7 Å². The molecular weight excluding hydrogens is 184 g/mol. The SMILES string of the molecule is Nc1nc(Nc2cccc(O)c2)no1. The number of aromatic nitrogens is 2. The van der Waals surface area contributed by atoms with E-state index < -0.39 is 0 Å². The Balaban J connectivity index is 2.18. The van der Waals surface area contributed by atoms with Gasteiger partial charge >= 0.3 is 6.01 Å². The Morgan fingerprint density at radius 1 is 1.43 bits per heavy atom. The lowest BCUT2D eigenvalue weighted by molar-refractivity contribution is 0.437. The van der Waals surface area contributed by atoms with Crippen molar-refractivity contribution in [1.82, 2.24) is 10.1 Å². The van der Waals surface area contributed by atoms with E-state index in [1.54, 1.807) is 18.2 Å². The summed E-state index contributed by atoms with van der Waals surface area (Å²) >= 11 is 0. The first-order chi connectivity index (χ1) is 6.74. The summed E-state index contributed by atoms with van der Waals surface area (Å²) in [5.74, 6) is 0.416. The van der Waals surface area contributed by atoms with E-state index in [1.165, 1.54) is 6.07 Å². The first-order valence-corrected chi connectivity index (χ1v) is 3.89. The Labute approximate surface area is 79.4 Å². The highest BCUT2D eigenvalue weighted by molar-refractivity contribution is 5.55. The highest BCUT2D eigenvalue weighted by Gasteiger charge is 2.02. The van der Waals surface area contributed by atoms with Crippen molar-refractivity contribution in [3.05, 3.63) is 24.3 Å². The third kappa shape index (κ3) is 1.74. The van der Waals surface area contributed by atoms with Gasteiger partial charge in [0.05, 0.1) is 0 Å². The largest absolute Gasteiger partial charge is 0.508 e. The molecule has 1 heterocycles. The molecule has 6 heteroatoms. The number of nitrogens with one attached hydrogen (secondary N) is 1. The van der Waals surface area contributed by atoms with Gasteiger partial charge in [0.15, 0.2) is 0 Å². The predicted octanol–water partition coefficient (Wildman–Crippen LogP) is 1.10. The van der Waals surface area contributed by atoms with Crippen LogP contribution in [-0.2, 0) is 0 Å². The van der Waals surface area contributed by atoms with Gasteiger partial charge in [-0.1, -0.05) is 6.07 Å². The maximum Gasteiger partial charge on any atom is 0.320 e. The number of phenols is 1. The second-order valence-electron chi connectivity index (χ2n) is 2.63. The zero-order valence-electron chi connectivity index (χ0n) is 7.14. The van der Waals surface area contributed by atoms with Crippen LogP contribution >= 0.6 is 0 Å². The van der Waals surface area contributed by atoms with E-state index in [-0.39, 0.29) is 17.7 Å². The van der Waals surface area contributed by atoms with Crippen molar-refractivity contribution in [2.24, 2.45) is 0 Å². The molecule has 4 N–H and O–H groups in total. The van der Waals surface area contributed by atoms with Crippen LogP contribution in [0.5, 0.6) is 5.75 Å². The number of phenolic OH excluding ortho intramolecular Hbond substituents is 1. The fourth-order valence-corrected chi connectivity index (χ4v) is 0.999. The van der Waals surface area contributed by atoms with E-state index in [0.29, 0.717) is 5.69 Å². The number of nitrogens with zero attached hydrogens (tertiary/aromatic N) is 2. The molecule has 0 atom stereocenters. The van der Waals surface area contributed by atoms with Crippen LogP contribution in [0.1, 0.15) is 0 Å². The van der Waals surface area contributed by atoms with Crippen LogP contribution in [0.4, 0.5) is 17.7 Å². The quantitative estimate of drug-likeness (QED) is 0.659. The van der Waals surface area contributed by atoms with Crippen LogP contribution in [0.3, 0.4) is 0 Å². The Morgan fingerprint density at radius 3 is 2.93 bits per heavy atom. The molecule has 0 amide bonds. The maximum absolute atomic E-state index is 9.17. The van der Waals surface area contributed by atoms with Gasteiger partial charge in [0.25, 0.3) is 5.95 Å². The molecule has 0 unspecified atom stereocenters. The second kappa shape index (κ2) is 3.25. The minimum Gasteiger partial charge on any atom is -0.508 e. The molecule has 2 rings (SSSR count). The van der Waals surface area contributed by atoms with Gasteiger partial charge in [-0.2, -0.15) is 4.98 Å². The third-order valence-corrected chi connectivity index (χ3v) is 1.54. The second-order valence-corrected chi connectivity index (χ2v) is 2.63. The maximum atomic E-state index is 9.17. The van der Waals surface area contributed by atoms with Crippen molar-refractivity contribution in [3.8, 4) is 5.75 Å². The minimum absolute atomic E-state index is 0.00680. The van der Waals surface area contributed by atoms with Crippen LogP contribution in [0.2, 0.25) is 0 Å².